The van der Waals surface area contributed by atoms with Gasteiger partial charge in [-0.2, -0.15) is 0 Å². The largest absolute Gasteiger partial charge is 0.465 e. The number of carboxylic acid groups (broad SMARTS) is 1. The van der Waals surface area contributed by atoms with E-state index >= 15 is 0 Å². The molecule has 0 aromatic heterocycles. The minimum Gasteiger partial charge on any atom is -0.465 e. The minimum absolute atomic E-state index is 0.00870. The second-order valence-corrected chi connectivity index (χ2v) is 4.52. The molecular weight excluding hydrogens is 192 g/mol. The van der Waals surface area contributed by atoms with Crippen molar-refractivity contribution in [3.8, 4) is 0 Å². The van der Waals surface area contributed by atoms with Gasteiger partial charge in [-0.15, -0.1) is 0 Å². The lowest BCUT2D eigenvalue weighted by Gasteiger charge is -2.30. The van der Waals surface area contributed by atoms with E-state index in [0.717, 1.165) is 6.42 Å². The summed E-state index contributed by atoms with van der Waals surface area (Å²) in [5.74, 6) is 0.675. The van der Waals surface area contributed by atoms with Crippen molar-refractivity contribution in [2.75, 3.05) is 13.6 Å². The van der Waals surface area contributed by atoms with Crippen LogP contribution in [0, 0.1) is 5.92 Å². The normalized spacial score (nSPS) is 19.9. The van der Waals surface area contributed by atoms with E-state index < -0.39 is 6.09 Å². The third-order valence-electron chi connectivity index (χ3n) is 3.45. The molecule has 1 amide bonds. The average molecular weight is 214 g/mol. The Morgan fingerprint density at radius 3 is 2.53 bits per heavy atom. The van der Waals surface area contributed by atoms with Crippen molar-refractivity contribution in [3.05, 3.63) is 0 Å². The highest BCUT2D eigenvalue weighted by Gasteiger charge is 2.23. The first-order chi connectivity index (χ1) is 7.15. The Hall–Kier alpha value is -0.770. The molecular formula is C11H22N2O2. The van der Waals surface area contributed by atoms with Crippen LogP contribution in [0.1, 0.15) is 38.5 Å². The van der Waals surface area contributed by atoms with E-state index in [2.05, 4.69) is 0 Å². The van der Waals surface area contributed by atoms with Crippen LogP contribution in [0.4, 0.5) is 4.79 Å². The Morgan fingerprint density at radius 1 is 1.47 bits per heavy atom. The van der Waals surface area contributed by atoms with Crippen LogP contribution in [0.15, 0.2) is 0 Å². The molecule has 0 aromatic rings. The summed E-state index contributed by atoms with van der Waals surface area (Å²) in [4.78, 5) is 12.2. The molecule has 0 radical (unpaired) electrons. The van der Waals surface area contributed by atoms with Gasteiger partial charge in [-0.1, -0.05) is 32.1 Å². The minimum atomic E-state index is -0.874. The lowest BCUT2D eigenvalue weighted by atomic mass is 9.84. The molecule has 0 aliphatic heterocycles. The smallest absolute Gasteiger partial charge is 0.407 e. The first-order valence-corrected chi connectivity index (χ1v) is 5.81. The van der Waals surface area contributed by atoms with E-state index in [0.29, 0.717) is 12.5 Å². The van der Waals surface area contributed by atoms with E-state index in [1.165, 1.54) is 37.0 Å². The maximum atomic E-state index is 10.8. The highest BCUT2D eigenvalue weighted by Crippen LogP contribution is 2.28. The van der Waals surface area contributed by atoms with Gasteiger partial charge in [-0.3, -0.25) is 0 Å². The molecule has 0 bridgehead atoms. The fraction of sp³-hybridized carbons (Fsp3) is 0.909. The molecule has 0 saturated heterocycles. The first kappa shape index (κ1) is 12.3. The quantitative estimate of drug-likeness (QED) is 0.751. The Bertz CT molecular complexity index is 203. The van der Waals surface area contributed by atoms with Crippen molar-refractivity contribution in [3.63, 3.8) is 0 Å². The second-order valence-electron chi connectivity index (χ2n) is 4.52. The number of carbonyl (C=O) groups is 1. The summed E-state index contributed by atoms with van der Waals surface area (Å²) >= 11 is 0. The highest BCUT2D eigenvalue weighted by atomic mass is 16.4. The number of nitrogens with zero attached hydrogens (tertiary/aromatic N) is 1. The molecule has 1 atom stereocenters. The van der Waals surface area contributed by atoms with Crippen molar-refractivity contribution in [2.24, 2.45) is 11.7 Å². The van der Waals surface area contributed by atoms with E-state index in [-0.39, 0.29) is 6.04 Å². The first-order valence-electron chi connectivity index (χ1n) is 5.81. The predicted molar refractivity (Wildman–Crippen MR) is 59.8 cm³/mol. The zero-order valence-corrected chi connectivity index (χ0v) is 9.48. The van der Waals surface area contributed by atoms with Crippen LogP contribution < -0.4 is 5.73 Å². The van der Waals surface area contributed by atoms with Gasteiger partial charge in [-0.05, 0) is 12.3 Å². The van der Waals surface area contributed by atoms with Crippen LogP contribution >= 0.6 is 0 Å². The Kier molecular flexibility index (Phi) is 4.88. The maximum absolute atomic E-state index is 10.8. The van der Waals surface area contributed by atoms with Gasteiger partial charge in [0.25, 0.3) is 0 Å². The van der Waals surface area contributed by atoms with Gasteiger partial charge in [-0.25, -0.2) is 4.79 Å². The van der Waals surface area contributed by atoms with Gasteiger partial charge in [0.15, 0.2) is 0 Å². The van der Waals surface area contributed by atoms with Crippen molar-refractivity contribution >= 4 is 6.09 Å². The zero-order valence-electron chi connectivity index (χ0n) is 9.48. The van der Waals surface area contributed by atoms with Gasteiger partial charge in [0.05, 0.1) is 0 Å². The molecule has 15 heavy (non-hydrogen) atoms. The molecule has 1 rings (SSSR count). The molecule has 1 unspecified atom stereocenters. The van der Waals surface area contributed by atoms with Crippen molar-refractivity contribution in [2.45, 2.75) is 44.6 Å². The Labute approximate surface area is 91.4 Å². The van der Waals surface area contributed by atoms with Crippen LogP contribution in [0.5, 0.6) is 0 Å². The summed E-state index contributed by atoms with van der Waals surface area (Å²) in [6.07, 6.45) is 6.45. The molecule has 0 spiro atoms. The number of hydrogen-bond acceptors (Lipinski definition) is 2. The number of nitrogens with two attached hydrogens (primary N) is 1. The third-order valence-corrected chi connectivity index (χ3v) is 3.45. The SMILES string of the molecule is CN(C(=O)O)C(CN)CC1CCCCC1. The summed E-state index contributed by atoms with van der Waals surface area (Å²) in [5.41, 5.74) is 5.62. The summed E-state index contributed by atoms with van der Waals surface area (Å²) in [6, 6.07) is -0.00870. The highest BCUT2D eigenvalue weighted by molar-refractivity contribution is 5.64. The summed E-state index contributed by atoms with van der Waals surface area (Å²) in [5, 5.41) is 8.88. The molecule has 1 saturated carbocycles. The number of hydrogen-bond donors (Lipinski definition) is 2. The molecule has 1 aliphatic rings. The van der Waals surface area contributed by atoms with E-state index in [9.17, 15) is 4.79 Å². The lowest BCUT2D eigenvalue weighted by molar-refractivity contribution is 0.129. The van der Waals surface area contributed by atoms with Crippen LogP contribution in [0.2, 0.25) is 0 Å². The van der Waals surface area contributed by atoms with E-state index in [1.54, 1.807) is 7.05 Å². The second kappa shape index (κ2) is 5.95. The fourth-order valence-electron chi connectivity index (χ4n) is 2.38. The van der Waals surface area contributed by atoms with Crippen LogP contribution in [0.25, 0.3) is 0 Å². The number of likely N-dealkylation sites (N-methyl/N-ethyl adjacent to an activating group) is 1. The fourth-order valence-corrected chi connectivity index (χ4v) is 2.38. The number of amides is 1. The third kappa shape index (κ3) is 3.70. The summed E-state index contributed by atoms with van der Waals surface area (Å²) < 4.78 is 0. The summed E-state index contributed by atoms with van der Waals surface area (Å²) in [6.45, 7) is 0.430. The predicted octanol–water partition coefficient (Wildman–Crippen LogP) is 1.89. The summed E-state index contributed by atoms with van der Waals surface area (Å²) in [7, 11) is 1.61. The van der Waals surface area contributed by atoms with Crippen molar-refractivity contribution < 1.29 is 9.90 Å². The molecule has 3 N–H and O–H groups in total. The molecule has 0 aromatic carbocycles. The molecule has 1 aliphatic carbocycles. The van der Waals surface area contributed by atoms with Gasteiger partial charge in [0.2, 0.25) is 0 Å². The maximum Gasteiger partial charge on any atom is 0.407 e. The van der Waals surface area contributed by atoms with Crippen LogP contribution in [-0.2, 0) is 0 Å². The molecule has 4 heteroatoms. The lowest BCUT2D eigenvalue weighted by Crippen LogP contribution is -2.42. The van der Waals surface area contributed by atoms with E-state index in [4.69, 9.17) is 10.8 Å². The Morgan fingerprint density at radius 2 is 2.07 bits per heavy atom. The average Bonchev–Trinajstić information content (AvgIpc) is 2.26. The van der Waals surface area contributed by atoms with E-state index in [1.807, 2.05) is 0 Å². The number of rotatable bonds is 4. The van der Waals surface area contributed by atoms with Gasteiger partial charge in [0, 0.05) is 19.6 Å². The van der Waals surface area contributed by atoms with Crippen LogP contribution in [0.3, 0.4) is 0 Å². The molecule has 88 valence electrons. The molecule has 1 fully saturated rings. The topological polar surface area (TPSA) is 66.6 Å². The van der Waals surface area contributed by atoms with Gasteiger partial charge < -0.3 is 15.7 Å². The molecule has 4 nitrogen and oxygen atoms in total. The molecule has 0 heterocycles. The standard InChI is InChI=1S/C11H22N2O2/c1-13(11(14)15)10(8-12)7-9-5-3-2-4-6-9/h9-10H,2-8,12H2,1H3,(H,14,15). The van der Waals surface area contributed by atoms with Crippen molar-refractivity contribution in [1.29, 1.82) is 0 Å². The van der Waals surface area contributed by atoms with Gasteiger partial charge >= 0.3 is 6.09 Å². The van der Waals surface area contributed by atoms with Crippen molar-refractivity contribution in [1.82, 2.24) is 4.90 Å². The Balaban J connectivity index is 2.41. The monoisotopic (exact) mass is 214 g/mol. The van der Waals surface area contributed by atoms with Gasteiger partial charge in [0.1, 0.15) is 0 Å². The van der Waals surface area contributed by atoms with Crippen LogP contribution in [-0.4, -0.2) is 35.7 Å². The zero-order chi connectivity index (χ0) is 11.3.